The van der Waals surface area contributed by atoms with Crippen LogP contribution in [0.3, 0.4) is 0 Å². The number of imidazole rings is 1. The summed E-state index contributed by atoms with van der Waals surface area (Å²) in [6.07, 6.45) is 5.01. The second-order valence-corrected chi connectivity index (χ2v) is 4.30. The van der Waals surface area contributed by atoms with Gasteiger partial charge in [-0.05, 0) is 19.9 Å². The molecule has 78 valence electrons. The fourth-order valence-corrected chi connectivity index (χ4v) is 1.83. The molecule has 0 radical (unpaired) electrons. The first kappa shape index (κ1) is 9.68. The summed E-state index contributed by atoms with van der Waals surface area (Å²) in [5.74, 6) is 1.10. The molecule has 1 unspecified atom stereocenters. The highest BCUT2D eigenvalue weighted by Crippen LogP contribution is 2.13. The molecular formula is C10H18N4. The van der Waals surface area contributed by atoms with E-state index < -0.39 is 0 Å². The third kappa shape index (κ3) is 1.96. The number of hydrogen-bond acceptors (Lipinski definition) is 3. The normalized spacial score (nSPS) is 27.0. The summed E-state index contributed by atoms with van der Waals surface area (Å²) in [6, 6.07) is 0. The van der Waals surface area contributed by atoms with E-state index in [1.54, 1.807) is 0 Å². The van der Waals surface area contributed by atoms with E-state index in [0.717, 1.165) is 25.5 Å². The Morgan fingerprint density at radius 2 is 2.57 bits per heavy atom. The minimum atomic E-state index is 0.242. The van der Waals surface area contributed by atoms with Crippen molar-refractivity contribution in [3.05, 3.63) is 18.2 Å². The molecule has 4 heteroatoms. The number of nitrogens with zero attached hydrogens (tertiary/aromatic N) is 2. The van der Waals surface area contributed by atoms with Gasteiger partial charge >= 0.3 is 0 Å². The van der Waals surface area contributed by atoms with Gasteiger partial charge in [0.2, 0.25) is 0 Å². The minimum absolute atomic E-state index is 0.242. The van der Waals surface area contributed by atoms with Crippen LogP contribution in [0, 0.1) is 0 Å². The minimum Gasteiger partial charge on any atom is -0.337 e. The van der Waals surface area contributed by atoms with Crippen LogP contribution >= 0.6 is 0 Å². The fraction of sp³-hybridized carbons (Fsp3) is 0.700. The molecule has 1 fully saturated rings. The quantitative estimate of drug-likeness (QED) is 0.725. The lowest BCUT2D eigenvalue weighted by molar-refractivity contribution is 0.378. The van der Waals surface area contributed by atoms with Gasteiger partial charge in [0.05, 0.1) is 6.54 Å². The Morgan fingerprint density at radius 1 is 1.71 bits per heavy atom. The van der Waals surface area contributed by atoms with Gasteiger partial charge in [-0.15, -0.1) is 0 Å². The maximum absolute atomic E-state index is 4.29. The highest BCUT2D eigenvalue weighted by atomic mass is 15.1. The van der Waals surface area contributed by atoms with Gasteiger partial charge in [0, 0.05) is 31.5 Å². The second-order valence-electron chi connectivity index (χ2n) is 4.30. The van der Waals surface area contributed by atoms with Gasteiger partial charge in [0.1, 0.15) is 5.82 Å². The standard InChI is InChI=1S/C10H18N4/c1-10(3-4-11-8-10)13-7-9-12-5-6-14(9)2/h5-6,11,13H,3-4,7-8H2,1-2H3. The molecule has 0 aromatic carbocycles. The summed E-state index contributed by atoms with van der Waals surface area (Å²) in [5, 5.41) is 6.92. The second kappa shape index (κ2) is 3.71. The Labute approximate surface area is 84.7 Å². The molecule has 0 spiro atoms. The van der Waals surface area contributed by atoms with Crippen LogP contribution in [0.5, 0.6) is 0 Å². The molecular weight excluding hydrogens is 176 g/mol. The molecule has 1 saturated heterocycles. The van der Waals surface area contributed by atoms with Crippen LogP contribution in [0.1, 0.15) is 19.2 Å². The van der Waals surface area contributed by atoms with E-state index in [0.29, 0.717) is 0 Å². The monoisotopic (exact) mass is 194 g/mol. The zero-order valence-corrected chi connectivity index (χ0v) is 8.88. The van der Waals surface area contributed by atoms with E-state index in [1.165, 1.54) is 6.42 Å². The predicted molar refractivity (Wildman–Crippen MR) is 55.9 cm³/mol. The molecule has 1 aliphatic heterocycles. The van der Waals surface area contributed by atoms with Gasteiger partial charge in [-0.2, -0.15) is 0 Å². The van der Waals surface area contributed by atoms with Crippen LogP contribution in [-0.4, -0.2) is 28.2 Å². The van der Waals surface area contributed by atoms with Crippen molar-refractivity contribution in [2.45, 2.75) is 25.4 Å². The molecule has 0 amide bonds. The lowest BCUT2D eigenvalue weighted by Gasteiger charge is -2.24. The SMILES string of the molecule is Cn1ccnc1CNC1(C)CCNC1. The van der Waals surface area contributed by atoms with Crippen molar-refractivity contribution in [1.82, 2.24) is 20.2 Å². The highest BCUT2D eigenvalue weighted by molar-refractivity contribution is 4.96. The predicted octanol–water partition coefficient (Wildman–Crippen LogP) is 0.262. The Kier molecular flexibility index (Phi) is 2.56. The molecule has 14 heavy (non-hydrogen) atoms. The summed E-state index contributed by atoms with van der Waals surface area (Å²) in [6.45, 7) is 5.28. The smallest absolute Gasteiger partial charge is 0.122 e. The van der Waals surface area contributed by atoms with Crippen molar-refractivity contribution in [2.24, 2.45) is 7.05 Å². The van der Waals surface area contributed by atoms with Crippen molar-refractivity contribution in [2.75, 3.05) is 13.1 Å². The summed E-state index contributed by atoms with van der Waals surface area (Å²) in [4.78, 5) is 4.29. The number of aromatic nitrogens is 2. The van der Waals surface area contributed by atoms with Crippen molar-refractivity contribution >= 4 is 0 Å². The molecule has 0 aliphatic carbocycles. The third-order valence-electron chi connectivity index (χ3n) is 2.96. The van der Waals surface area contributed by atoms with Crippen LogP contribution in [0.15, 0.2) is 12.4 Å². The summed E-state index contributed by atoms with van der Waals surface area (Å²) < 4.78 is 2.05. The number of aryl methyl sites for hydroxylation is 1. The van der Waals surface area contributed by atoms with Crippen molar-refractivity contribution < 1.29 is 0 Å². The average molecular weight is 194 g/mol. The third-order valence-corrected chi connectivity index (χ3v) is 2.96. The number of rotatable bonds is 3. The highest BCUT2D eigenvalue weighted by Gasteiger charge is 2.27. The van der Waals surface area contributed by atoms with Gasteiger partial charge in [0.15, 0.2) is 0 Å². The molecule has 1 atom stereocenters. The van der Waals surface area contributed by atoms with Crippen molar-refractivity contribution in [3.8, 4) is 0 Å². The molecule has 1 aromatic rings. The van der Waals surface area contributed by atoms with Gasteiger partial charge < -0.3 is 15.2 Å². The Hall–Kier alpha value is -0.870. The first-order valence-electron chi connectivity index (χ1n) is 5.12. The van der Waals surface area contributed by atoms with Gasteiger partial charge in [-0.3, -0.25) is 0 Å². The maximum atomic E-state index is 4.29. The molecule has 2 rings (SSSR count). The topological polar surface area (TPSA) is 41.9 Å². The Morgan fingerprint density at radius 3 is 3.14 bits per heavy atom. The molecule has 1 aromatic heterocycles. The first-order valence-corrected chi connectivity index (χ1v) is 5.12. The maximum Gasteiger partial charge on any atom is 0.122 e. The lowest BCUT2D eigenvalue weighted by Crippen LogP contribution is -2.43. The van der Waals surface area contributed by atoms with Crippen LogP contribution in [0.4, 0.5) is 0 Å². The molecule has 2 heterocycles. The summed E-state index contributed by atoms with van der Waals surface area (Å²) in [5.41, 5.74) is 0.242. The van der Waals surface area contributed by atoms with Gasteiger partial charge in [-0.1, -0.05) is 0 Å². The molecule has 4 nitrogen and oxygen atoms in total. The van der Waals surface area contributed by atoms with Gasteiger partial charge in [-0.25, -0.2) is 4.98 Å². The Balaban J connectivity index is 1.91. The molecule has 1 aliphatic rings. The van der Waals surface area contributed by atoms with E-state index >= 15 is 0 Å². The lowest BCUT2D eigenvalue weighted by atomic mass is 10.0. The average Bonchev–Trinajstić information content (AvgIpc) is 2.73. The van der Waals surface area contributed by atoms with E-state index in [-0.39, 0.29) is 5.54 Å². The number of hydrogen-bond donors (Lipinski definition) is 2. The van der Waals surface area contributed by atoms with Crippen LogP contribution in [0.2, 0.25) is 0 Å². The molecule has 0 bridgehead atoms. The van der Waals surface area contributed by atoms with Crippen LogP contribution in [0.25, 0.3) is 0 Å². The van der Waals surface area contributed by atoms with E-state index in [4.69, 9.17) is 0 Å². The zero-order valence-electron chi connectivity index (χ0n) is 8.88. The van der Waals surface area contributed by atoms with Gasteiger partial charge in [0.25, 0.3) is 0 Å². The largest absolute Gasteiger partial charge is 0.337 e. The Bertz CT molecular complexity index is 299. The zero-order chi connectivity index (χ0) is 10.0. The molecule has 0 saturated carbocycles. The van der Waals surface area contributed by atoms with E-state index in [2.05, 4.69) is 27.1 Å². The van der Waals surface area contributed by atoms with Crippen LogP contribution < -0.4 is 10.6 Å². The molecule has 2 N–H and O–H groups in total. The summed E-state index contributed by atoms with van der Waals surface area (Å²) >= 11 is 0. The van der Waals surface area contributed by atoms with Crippen molar-refractivity contribution in [3.63, 3.8) is 0 Å². The van der Waals surface area contributed by atoms with E-state index in [1.807, 2.05) is 19.4 Å². The van der Waals surface area contributed by atoms with Crippen LogP contribution in [-0.2, 0) is 13.6 Å². The van der Waals surface area contributed by atoms with Crippen molar-refractivity contribution in [1.29, 1.82) is 0 Å². The first-order chi connectivity index (χ1) is 6.70. The van der Waals surface area contributed by atoms with E-state index in [9.17, 15) is 0 Å². The summed E-state index contributed by atoms with van der Waals surface area (Å²) in [7, 11) is 2.03. The number of nitrogens with one attached hydrogen (secondary N) is 2. The fourth-order valence-electron chi connectivity index (χ4n) is 1.83.